The average molecular weight is 691 g/mol. The molecule has 7 heteroatoms. The van der Waals surface area contributed by atoms with Crippen LogP contribution in [0.25, 0.3) is 0 Å². The second-order valence-electron chi connectivity index (χ2n) is 16.7. The minimum atomic E-state index is -0.0832. The summed E-state index contributed by atoms with van der Waals surface area (Å²) >= 11 is 0. The minimum Gasteiger partial charge on any atom is -0.490 e. The highest BCUT2D eigenvalue weighted by Gasteiger charge is 2.45. The highest BCUT2D eigenvalue weighted by molar-refractivity contribution is 7.00. The van der Waals surface area contributed by atoms with Crippen LogP contribution in [0, 0.1) is 6.92 Å². The largest absolute Gasteiger partial charge is 0.490 e. The number of nitrogens with zero attached hydrogens (tertiary/aromatic N) is 2. The van der Waals surface area contributed by atoms with E-state index in [1.807, 2.05) is 0 Å². The molecule has 0 unspecified atom stereocenters. The Morgan fingerprint density at radius 3 is 1.21 bits per heavy atom. The number of fused-ring (bicyclic) bond motifs is 6. The molecule has 0 atom stereocenters. The lowest BCUT2D eigenvalue weighted by atomic mass is 9.33. The molecule has 4 aliphatic heterocycles. The molecule has 0 spiro atoms. The number of rotatable bonds is 2. The fourth-order valence-corrected chi connectivity index (χ4v) is 8.22. The zero-order chi connectivity index (χ0) is 35.9. The Bertz CT molecular complexity index is 2050. The van der Waals surface area contributed by atoms with E-state index in [0.29, 0.717) is 26.4 Å². The Balaban J connectivity index is 1.34. The van der Waals surface area contributed by atoms with Gasteiger partial charge in [-0.2, -0.15) is 0 Å². The van der Waals surface area contributed by atoms with Crippen molar-refractivity contribution >= 4 is 57.2 Å². The van der Waals surface area contributed by atoms with Crippen LogP contribution in [0.15, 0.2) is 84.9 Å². The van der Waals surface area contributed by atoms with Crippen molar-refractivity contribution in [3.8, 4) is 23.0 Å². The second-order valence-corrected chi connectivity index (χ2v) is 16.7. The zero-order valence-electron chi connectivity index (χ0n) is 31.4. The number of aryl methyl sites for hydroxylation is 1. The van der Waals surface area contributed by atoms with Gasteiger partial charge in [0, 0.05) is 59.1 Å². The van der Waals surface area contributed by atoms with Crippen LogP contribution >= 0.6 is 0 Å². The number of hydrogen-bond acceptors (Lipinski definition) is 6. The maximum Gasteiger partial charge on any atom is 0.252 e. The Kier molecular flexibility index (Phi) is 7.59. The van der Waals surface area contributed by atoms with Gasteiger partial charge in [-0.05, 0) is 99.4 Å². The topological polar surface area (TPSA) is 43.4 Å². The minimum absolute atomic E-state index is 0.0466. The van der Waals surface area contributed by atoms with Crippen LogP contribution < -0.4 is 45.1 Å². The smallest absolute Gasteiger partial charge is 0.252 e. The molecule has 0 bridgehead atoms. The van der Waals surface area contributed by atoms with Gasteiger partial charge in [-0.25, -0.2) is 0 Å². The van der Waals surface area contributed by atoms with Crippen molar-refractivity contribution in [2.45, 2.75) is 72.1 Å². The lowest BCUT2D eigenvalue weighted by Crippen LogP contribution is -2.61. The quantitative estimate of drug-likeness (QED) is 0.169. The summed E-state index contributed by atoms with van der Waals surface area (Å²) in [5.41, 5.74) is 14.3. The fourth-order valence-electron chi connectivity index (χ4n) is 8.22. The normalized spacial score (nSPS) is 16.0. The van der Waals surface area contributed by atoms with Gasteiger partial charge in [0.05, 0.1) is 26.4 Å². The van der Waals surface area contributed by atoms with Gasteiger partial charge < -0.3 is 28.7 Å². The van der Waals surface area contributed by atoms with Gasteiger partial charge in [-0.3, -0.25) is 0 Å². The average Bonchev–Trinajstić information content (AvgIpc) is 3.49. The first-order valence-corrected chi connectivity index (χ1v) is 18.8. The van der Waals surface area contributed by atoms with Gasteiger partial charge in [0.15, 0.2) is 23.0 Å². The summed E-state index contributed by atoms with van der Waals surface area (Å²) in [5.74, 6) is 3.18. The first-order valence-electron chi connectivity index (χ1n) is 18.8. The highest BCUT2D eigenvalue weighted by Crippen LogP contribution is 2.48. The fraction of sp³-hybridized carbons (Fsp3) is 0.333. The van der Waals surface area contributed by atoms with E-state index in [4.69, 9.17) is 18.9 Å². The summed E-state index contributed by atoms with van der Waals surface area (Å²) in [5, 5.41) is 0. The van der Waals surface area contributed by atoms with Gasteiger partial charge in [0.25, 0.3) is 6.71 Å². The summed E-state index contributed by atoms with van der Waals surface area (Å²) < 4.78 is 25.5. The van der Waals surface area contributed by atoms with Gasteiger partial charge in [-0.1, -0.05) is 65.8 Å². The van der Waals surface area contributed by atoms with Crippen LogP contribution in [0.4, 0.5) is 34.1 Å². The van der Waals surface area contributed by atoms with Crippen LogP contribution in [-0.2, 0) is 10.8 Å². The van der Waals surface area contributed by atoms with Crippen molar-refractivity contribution in [3.63, 3.8) is 0 Å². The van der Waals surface area contributed by atoms with Crippen molar-refractivity contribution in [1.29, 1.82) is 0 Å². The molecule has 9 rings (SSSR count). The first-order chi connectivity index (χ1) is 25.0. The molecular formula is C45H47BN2O4. The molecule has 6 nitrogen and oxygen atoms in total. The Morgan fingerprint density at radius 2 is 0.846 bits per heavy atom. The molecule has 5 aromatic rings. The molecule has 0 amide bonds. The first kappa shape index (κ1) is 32.8. The van der Waals surface area contributed by atoms with Crippen LogP contribution in [0.2, 0.25) is 0 Å². The molecule has 0 saturated carbocycles. The monoisotopic (exact) mass is 690 g/mol. The molecule has 0 fully saturated rings. The van der Waals surface area contributed by atoms with E-state index >= 15 is 0 Å². The van der Waals surface area contributed by atoms with E-state index in [1.165, 1.54) is 44.5 Å². The highest BCUT2D eigenvalue weighted by atomic mass is 16.5. The van der Waals surface area contributed by atoms with E-state index in [1.54, 1.807) is 0 Å². The molecule has 0 aliphatic carbocycles. The summed E-state index contributed by atoms with van der Waals surface area (Å²) in [6, 6.07) is 31.8. The van der Waals surface area contributed by atoms with Crippen LogP contribution in [0.5, 0.6) is 23.0 Å². The molecule has 264 valence electrons. The van der Waals surface area contributed by atoms with Crippen molar-refractivity contribution in [1.82, 2.24) is 0 Å². The summed E-state index contributed by atoms with van der Waals surface area (Å²) in [6.45, 7) is 18.2. The zero-order valence-corrected chi connectivity index (χ0v) is 31.4. The third-order valence-corrected chi connectivity index (χ3v) is 10.9. The molecule has 0 N–H and O–H groups in total. The maximum absolute atomic E-state index is 6.38. The van der Waals surface area contributed by atoms with Crippen molar-refractivity contribution in [3.05, 3.63) is 102 Å². The number of hydrogen-bond donors (Lipinski definition) is 0. The summed E-state index contributed by atoms with van der Waals surface area (Å²) in [6.07, 6.45) is 1.69. The molecular weight excluding hydrogens is 643 g/mol. The Labute approximate surface area is 308 Å². The lowest BCUT2D eigenvalue weighted by Gasteiger charge is -2.44. The third kappa shape index (κ3) is 5.39. The number of benzene rings is 5. The van der Waals surface area contributed by atoms with E-state index in [2.05, 4.69) is 143 Å². The molecule has 5 aromatic carbocycles. The predicted octanol–water partition coefficient (Wildman–Crippen LogP) is 9.00. The maximum atomic E-state index is 6.38. The van der Waals surface area contributed by atoms with E-state index in [0.717, 1.165) is 58.6 Å². The third-order valence-electron chi connectivity index (χ3n) is 10.9. The van der Waals surface area contributed by atoms with E-state index in [9.17, 15) is 0 Å². The van der Waals surface area contributed by atoms with Gasteiger partial charge in [0.2, 0.25) is 0 Å². The van der Waals surface area contributed by atoms with E-state index < -0.39 is 0 Å². The van der Waals surface area contributed by atoms with Crippen LogP contribution in [-0.4, -0.2) is 33.1 Å². The van der Waals surface area contributed by atoms with Gasteiger partial charge in [0.1, 0.15) is 0 Å². The van der Waals surface area contributed by atoms with Gasteiger partial charge >= 0.3 is 0 Å². The predicted molar refractivity (Wildman–Crippen MR) is 214 cm³/mol. The van der Waals surface area contributed by atoms with Crippen molar-refractivity contribution < 1.29 is 18.9 Å². The van der Waals surface area contributed by atoms with Crippen LogP contribution in [0.3, 0.4) is 0 Å². The lowest BCUT2D eigenvalue weighted by molar-refractivity contribution is 0.296. The number of ether oxygens (including phenoxy) is 4. The standard InChI is InChI=1S/C45H47BN2O4/c1-28-22-37-43-38(23-28)48(32-16-12-30(13-17-32)45(5,6)7)36-27-42-40(50-19-9-21-52-42)25-34(36)46(43)33-24-39-41(51-20-8-18-49-39)26-35(33)47(37)31-14-10-29(11-15-31)44(2,3)4/h10-17,22-27H,8-9,18-21H2,1-7H3. The Hall–Kier alpha value is -5.04. The van der Waals surface area contributed by atoms with E-state index in [-0.39, 0.29) is 17.5 Å². The summed E-state index contributed by atoms with van der Waals surface area (Å²) in [4.78, 5) is 4.88. The molecule has 0 aromatic heterocycles. The van der Waals surface area contributed by atoms with Crippen molar-refractivity contribution in [2.75, 3.05) is 36.2 Å². The molecule has 0 radical (unpaired) electrons. The summed E-state index contributed by atoms with van der Waals surface area (Å²) in [7, 11) is 0. The molecule has 52 heavy (non-hydrogen) atoms. The SMILES string of the molecule is Cc1cc2c3c(c1)N(c1ccc(C(C)(C)C)cc1)c1cc4c(cc1B3c1cc3c(cc1N2c1ccc(C(C)(C)C)cc1)OCCCO3)OCCCO4. The van der Waals surface area contributed by atoms with Crippen molar-refractivity contribution in [2.24, 2.45) is 0 Å². The molecule has 4 aliphatic rings. The second kappa shape index (κ2) is 12.0. The Morgan fingerprint density at radius 1 is 0.481 bits per heavy atom. The molecule has 0 saturated heterocycles. The van der Waals surface area contributed by atoms with Crippen LogP contribution in [0.1, 0.15) is 71.1 Å². The molecule has 4 heterocycles. The van der Waals surface area contributed by atoms with Gasteiger partial charge in [-0.15, -0.1) is 0 Å². The number of anilines is 6.